The van der Waals surface area contributed by atoms with Gasteiger partial charge in [-0.15, -0.1) is 0 Å². The summed E-state index contributed by atoms with van der Waals surface area (Å²) in [6.45, 7) is 3.93. The molecule has 1 aliphatic heterocycles. The Hall–Kier alpha value is -0.120. The molecule has 0 unspecified atom stereocenters. The van der Waals surface area contributed by atoms with Crippen molar-refractivity contribution in [3.8, 4) is 0 Å². The molecular formula is C12H22O3. The van der Waals surface area contributed by atoms with Crippen molar-refractivity contribution in [1.82, 2.24) is 0 Å². The van der Waals surface area contributed by atoms with Crippen LogP contribution in [0.2, 0.25) is 0 Å². The molecule has 1 saturated heterocycles. The fourth-order valence-corrected chi connectivity index (χ4v) is 2.89. The van der Waals surface area contributed by atoms with Gasteiger partial charge >= 0.3 is 0 Å². The lowest BCUT2D eigenvalue weighted by Crippen LogP contribution is -2.41. The van der Waals surface area contributed by atoms with E-state index >= 15 is 0 Å². The van der Waals surface area contributed by atoms with E-state index in [1.807, 2.05) is 0 Å². The fraction of sp³-hybridized carbons (Fsp3) is 1.00. The lowest BCUT2D eigenvalue weighted by molar-refractivity contribution is -0.213. The van der Waals surface area contributed by atoms with Gasteiger partial charge in [-0.25, -0.2) is 0 Å². The standard InChI is InChI=1S/C12H22O3/c1-2-4-12(14-9-10-15-12)11(6-7-11)5-3-8-13/h13H,2-10H2,1H3. The summed E-state index contributed by atoms with van der Waals surface area (Å²) in [5, 5.41) is 8.93. The Morgan fingerprint density at radius 2 is 1.80 bits per heavy atom. The van der Waals surface area contributed by atoms with Gasteiger partial charge in [0.05, 0.1) is 13.2 Å². The van der Waals surface area contributed by atoms with E-state index in [0.717, 1.165) is 38.9 Å². The third-order valence-corrected chi connectivity index (χ3v) is 3.81. The van der Waals surface area contributed by atoms with E-state index in [0.29, 0.717) is 0 Å². The van der Waals surface area contributed by atoms with Gasteiger partial charge in [0.15, 0.2) is 5.79 Å². The Balaban J connectivity index is 2.03. The SMILES string of the molecule is CCCC1(C2(CCCO)CC2)OCCO1. The van der Waals surface area contributed by atoms with Crippen LogP contribution in [0.1, 0.15) is 45.4 Å². The predicted molar refractivity (Wildman–Crippen MR) is 57.5 cm³/mol. The van der Waals surface area contributed by atoms with E-state index in [1.54, 1.807) is 0 Å². The molecule has 0 aromatic heterocycles. The second kappa shape index (κ2) is 4.40. The highest BCUT2D eigenvalue weighted by Gasteiger charge is 2.61. The minimum absolute atomic E-state index is 0.224. The lowest BCUT2D eigenvalue weighted by atomic mass is 9.86. The summed E-state index contributed by atoms with van der Waals surface area (Å²) in [7, 11) is 0. The molecule has 1 N–H and O–H groups in total. The molecule has 2 fully saturated rings. The maximum Gasteiger partial charge on any atom is 0.174 e. The molecule has 3 nitrogen and oxygen atoms in total. The fourth-order valence-electron chi connectivity index (χ4n) is 2.89. The molecule has 0 spiro atoms. The third kappa shape index (κ3) is 1.93. The number of aliphatic hydroxyl groups is 1. The van der Waals surface area contributed by atoms with Crippen LogP contribution in [-0.4, -0.2) is 30.7 Å². The van der Waals surface area contributed by atoms with Crippen molar-refractivity contribution in [2.24, 2.45) is 5.41 Å². The topological polar surface area (TPSA) is 38.7 Å². The van der Waals surface area contributed by atoms with E-state index < -0.39 is 0 Å². The molecule has 0 bridgehead atoms. The van der Waals surface area contributed by atoms with Crippen molar-refractivity contribution >= 4 is 0 Å². The first-order valence-corrected chi connectivity index (χ1v) is 6.17. The second-order valence-electron chi connectivity index (χ2n) is 4.81. The molecule has 0 atom stereocenters. The Labute approximate surface area is 91.8 Å². The molecule has 2 rings (SSSR count). The van der Waals surface area contributed by atoms with Crippen LogP contribution in [0.3, 0.4) is 0 Å². The maximum absolute atomic E-state index is 8.93. The first kappa shape index (κ1) is 11.4. The van der Waals surface area contributed by atoms with Gasteiger partial charge in [0.2, 0.25) is 0 Å². The first-order chi connectivity index (χ1) is 7.29. The Morgan fingerprint density at radius 3 is 2.27 bits per heavy atom. The monoisotopic (exact) mass is 214 g/mol. The summed E-state index contributed by atoms with van der Waals surface area (Å²) in [5.74, 6) is -0.309. The van der Waals surface area contributed by atoms with Gasteiger partial charge in [0.1, 0.15) is 0 Å². The van der Waals surface area contributed by atoms with Crippen molar-refractivity contribution in [2.75, 3.05) is 19.8 Å². The summed E-state index contributed by atoms with van der Waals surface area (Å²) in [5.41, 5.74) is 0.224. The highest BCUT2D eigenvalue weighted by atomic mass is 16.7. The summed E-state index contributed by atoms with van der Waals surface area (Å²) in [6, 6.07) is 0. The van der Waals surface area contributed by atoms with Gasteiger partial charge < -0.3 is 14.6 Å². The van der Waals surface area contributed by atoms with Crippen molar-refractivity contribution in [2.45, 2.75) is 51.2 Å². The van der Waals surface area contributed by atoms with E-state index in [9.17, 15) is 0 Å². The molecule has 0 amide bonds. The number of ether oxygens (including phenoxy) is 2. The quantitative estimate of drug-likeness (QED) is 0.735. The van der Waals surface area contributed by atoms with Crippen molar-refractivity contribution in [3.05, 3.63) is 0 Å². The van der Waals surface area contributed by atoms with Gasteiger partial charge in [0, 0.05) is 18.4 Å². The predicted octanol–water partition coefficient (Wildman–Crippen LogP) is 2.08. The molecule has 1 aliphatic carbocycles. The smallest absolute Gasteiger partial charge is 0.174 e. The van der Waals surface area contributed by atoms with Gasteiger partial charge in [-0.1, -0.05) is 13.3 Å². The molecular weight excluding hydrogens is 192 g/mol. The van der Waals surface area contributed by atoms with Gasteiger partial charge in [-0.05, 0) is 25.7 Å². The van der Waals surface area contributed by atoms with Gasteiger partial charge in [-0.3, -0.25) is 0 Å². The van der Waals surface area contributed by atoms with Crippen LogP contribution < -0.4 is 0 Å². The van der Waals surface area contributed by atoms with Crippen molar-refractivity contribution in [3.63, 3.8) is 0 Å². The lowest BCUT2D eigenvalue weighted by Gasteiger charge is -2.36. The van der Waals surface area contributed by atoms with Crippen molar-refractivity contribution in [1.29, 1.82) is 0 Å². The molecule has 0 aromatic carbocycles. The maximum atomic E-state index is 8.93. The largest absolute Gasteiger partial charge is 0.396 e. The summed E-state index contributed by atoms with van der Waals surface area (Å²) in [6.07, 6.45) is 6.42. The highest BCUT2D eigenvalue weighted by Crippen LogP contribution is 2.61. The van der Waals surface area contributed by atoms with Crippen LogP contribution >= 0.6 is 0 Å². The van der Waals surface area contributed by atoms with E-state index in [4.69, 9.17) is 14.6 Å². The second-order valence-corrected chi connectivity index (χ2v) is 4.81. The van der Waals surface area contributed by atoms with Crippen LogP contribution in [-0.2, 0) is 9.47 Å². The average molecular weight is 214 g/mol. The van der Waals surface area contributed by atoms with Gasteiger partial charge in [0.25, 0.3) is 0 Å². The van der Waals surface area contributed by atoms with Crippen LogP contribution in [0, 0.1) is 5.41 Å². The zero-order valence-electron chi connectivity index (χ0n) is 9.63. The molecule has 0 aromatic rings. The summed E-state index contributed by atoms with van der Waals surface area (Å²) >= 11 is 0. The Morgan fingerprint density at radius 1 is 1.13 bits per heavy atom. The zero-order valence-corrected chi connectivity index (χ0v) is 9.63. The normalized spacial score (nSPS) is 26.8. The number of aliphatic hydroxyl groups excluding tert-OH is 1. The molecule has 88 valence electrons. The Kier molecular flexibility index (Phi) is 3.33. The third-order valence-electron chi connectivity index (χ3n) is 3.81. The van der Waals surface area contributed by atoms with Crippen LogP contribution in [0.25, 0.3) is 0 Å². The van der Waals surface area contributed by atoms with Gasteiger partial charge in [-0.2, -0.15) is 0 Å². The number of hydrogen-bond donors (Lipinski definition) is 1. The highest BCUT2D eigenvalue weighted by molar-refractivity contribution is 5.05. The number of rotatable bonds is 6. The van der Waals surface area contributed by atoms with E-state index in [1.165, 1.54) is 12.8 Å². The molecule has 15 heavy (non-hydrogen) atoms. The van der Waals surface area contributed by atoms with Crippen LogP contribution in [0.15, 0.2) is 0 Å². The molecule has 3 heteroatoms. The molecule has 1 saturated carbocycles. The minimum Gasteiger partial charge on any atom is -0.396 e. The van der Waals surface area contributed by atoms with Crippen LogP contribution in [0.4, 0.5) is 0 Å². The summed E-state index contributed by atoms with van der Waals surface area (Å²) < 4.78 is 11.8. The minimum atomic E-state index is -0.309. The first-order valence-electron chi connectivity index (χ1n) is 6.17. The molecule has 0 radical (unpaired) electrons. The Bertz CT molecular complexity index is 205. The van der Waals surface area contributed by atoms with E-state index in [2.05, 4.69) is 6.92 Å². The van der Waals surface area contributed by atoms with Crippen molar-refractivity contribution < 1.29 is 14.6 Å². The number of hydrogen-bond acceptors (Lipinski definition) is 3. The zero-order chi connectivity index (χ0) is 10.8. The average Bonchev–Trinajstić information content (AvgIpc) is 2.90. The van der Waals surface area contributed by atoms with Crippen LogP contribution in [0.5, 0.6) is 0 Å². The summed E-state index contributed by atoms with van der Waals surface area (Å²) in [4.78, 5) is 0. The molecule has 1 heterocycles. The molecule has 2 aliphatic rings. The van der Waals surface area contributed by atoms with E-state index in [-0.39, 0.29) is 17.8 Å².